The Morgan fingerprint density at radius 3 is 2.95 bits per heavy atom. The smallest absolute Gasteiger partial charge is 0.244 e. The third kappa shape index (κ3) is 2.67. The van der Waals surface area contributed by atoms with E-state index in [0.29, 0.717) is 11.7 Å². The van der Waals surface area contributed by atoms with Gasteiger partial charge in [-0.2, -0.15) is 16.7 Å². The standard InChI is InChI=1S/C14H17N3OS/c1-9-3-4-11(7-10(9)2)13-16-14(18-17-13)12-8-19-6-5-15-12/h3-4,7,12,15H,5-6,8H2,1-2H3. The minimum absolute atomic E-state index is 0.187. The van der Waals surface area contributed by atoms with Gasteiger partial charge in [0.1, 0.15) is 0 Å². The molecule has 0 bridgehead atoms. The number of aryl methyl sites for hydroxylation is 2. The lowest BCUT2D eigenvalue weighted by molar-refractivity contribution is 0.342. The molecule has 1 fully saturated rings. The first-order valence-corrected chi connectivity index (χ1v) is 7.62. The van der Waals surface area contributed by atoms with E-state index in [9.17, 15) is 0 Å². The molecule has 0 amide bonds. The Hall–Kier alpha value is -1.33. The van der Waals surface area contributed by atoms with Gasteiger partial charge in [-0.05, 0) is 31.0 Å². The molecule has 3 rings (SSSR count). The zero-order chi connectivity index (χ0) is 13.2. The number of hydrogen-bond acceptors (Lipinski definition) is 5. The second kappa shape index (κ2) is 5.35. The minimum Gasteiger partial charge on any atom is -0.337 e. The number of thioether (sulfide) groups is 1. The summed E-state index contributed by atoms with van der Waals surface area (Å²) in [5.74, 6) is 3.51. The number of hydrogen-bond donors (Lipinski definition) is 1. The molecule has 1 aliphatic heterocycles. The van der Waals surface area contributed by atoms with Crippen LogP contribution in [0.2, 0.25) is 0 Å². The molecule has 2 heterocycles. The highest BCUT2D eigenvalue weighted by Crippen LogP contribution is 2.24. The molecular formula is C14H17N3OS. The van der Waals surface area contributed by atoms with E-state index in [1.165, 1.54) is 11.1 Å². The molecule has 0 radical (unpaired) electrons. The first-order valence-electron chi connectivity index (χ1n) is 6.46. The van der Waals surface area contributed by atoms with Gasteiger partial charge in [0.05, 0.1) is 6.04 Å². The fraction of sp³-hybridized carbons (Fsp3) is 0.429. The molecule has 1 aromatic heterocycles. The Bertz CT molecular complexity index is 576. The first-order chi connectivity index (χ1) is 9.24. The molecule has 1 atom stereocenters. The van der Waals surface area contributed by atoms with Gasteiger partial charge in [-0.1, -0.05) is 17.3 Å². The highest BCUT2D eigenvalue weighted by molar-refractivity contribution is 7.99. The molecule has 0 aliphatic carbocycles. The summed E-state index contributed by atoms with van der Waals surface area (Å²) in [6.45, 7) is 5.19. The average molecular weight is 275 g/mol. The predicted octanol–water partition coefficient (Wildman–Crippen LogP) is 2.73. The second-order valence-electron chi connectivity index (χ2n) is 4.84. The molecule has 1 saturated heterocycles. The topological polar surface area (TPSA) is 51.0 Å². The monoisotopic (exact) mass is 275 g/mol. The van der Waals surface area contributed by atoms with Crippen LogP contribution in [0.3, 0.4) is 0 Å². The number of nitrogens with one attached hydrogen (secondary N) is 1. The van der Waals surface area contributed by atoms with Crippen LogP contribution in [0.1, 0.15) is 23.1 Å². The normalized spacial score (nSPS) is 19.6. The zero-order valence-electron chi connectivity index (χ0n) is 11.1. The molecule has 0 saturated carbocycles. The second-order valence-corrected chi connectivity index (χ2v) is 5.99. The van der Waals surface area contributed by atoms with Crippen molar-refractivity contribution in [3.63, 3.8) is 0 Å². The molecule has 1 aromatic carbocycles. The highest BCUT2D eigenvalue weighted by atomic mass is 32.2. The molecule has 19 heavy (non-hydrogen) atoms. The van der Waals surface area contributed by atoms with E-state index in [0.717, 1.165) is 23.6 Å². The number of rotatable bonds is 2. The van der Waals surface area contributed by atoms with Crippen LogP contribution in [0, 0.1) is 13.8 Å². The molecular weight excluding hydrogens is 258 g/mol. The molecule has 5 heteroatoms. The van der Waals surface area contributed by atoms with E-state index in [1.807, 2.05) is 17.8 Å². The third-order valence-electron chi connectivity index (χ3n) is 3.43. The summed E-state index contributed by atoms with van der Waals surface area (Å²) in [6.07, 6.45) is 0. The van der Waals surface area contributed by atoms with Crippen LogP contribution in [0.4, 0.5) is 0 Å². The Labute approximate surface area is 117 Å². The van der Waals surface area contributed by atoms with Crippen molar-refractivity contribution in [3.05, 3.63) is 35.2 Å². The van der Waals surface area contributed by atoms with Crippen LogP contribution in [0.25, 0.3) is 11.4 Å². The summed E-state index contributed by atoms with van der Waals surface area (Å²) < 4.78 is 5.39. The highest BCUT2D eigenvalue weighted by Gasteiger charge is 2.21. The molecule has 1 unspecified atom stereocenters. The van der Waals surface area contributed by atoms with Gasteiger partial charge in [0, 0.05) is 23.6 Å². The van der Waals surface area contributed by atoms with Gasteiger partial charge in [0.25, 0.3) is 0 Å². The van der Waals surface area contributed by atoms with Gasteiger partial charge >= 0.3 is 0 Å². The van der Waals surface area contributed by atoms with Gasteiger partial charge < -0.3 is 9.84 Å². The number of benzene rings is 1. The third-order valence-corrected chi connectivity index (χ3v) is 4.49. The molecule has 1 aliphatic rings. The van der Waals surface area contributed by atoms with Crippen LogP contribution >= 0.6 is 11.8 Å². The van der Waals surface area contributed by atoms with Crippen molar-refractivity contribution in [2.75, 3.05) is 18.1 Å². The Kier molecular flexibility index (Phi) is 3.57. The molecule has 4 nitrogen and oxygen atoms in total. The van der Waals surface area contributed by atoms with Gasteiger partial charge in [0.15, 0.2) is 0 Å². The summed E-state index contributed by atoms with van der Waals surface area (Å²) >= 11 is 1.92. The van der Waals surface area contributed by atoms with Crippen molar-refractivity contribution in [3.8, 4) is 11.4 Å². The van der Waals surface area contributed by atoms with Crippen LogP contribution in [0.5, 0.6) is 0 Å². The number of nitrogens with zero attached hydrogens (tertiary/aromatic N) is 2. The van der Waals surface area contributed by atoms with E-state index in [1.54, 1.807) is 0 Å². The summed E-state index contributed by atoms with van der Waals surface area (Å²) in [4.78, 5) is 4.52. The lowest BCUT2D eigenvalue weighted by atomic mass is 10.1. The van der Waals surface area contributed by atoms with Crippen molar-refractivity contribution < 1.29 is 4.52 Å². The number of aromatic nitrogens is 2. The average Bonchev–Trinajstić information content (AvgIpc) is 2.93. The molecule has 1 N–H and O–H groups in total. The summed E-state index contributed by atoms with van der Waals surface area (Å²) in [6, 6.07) is 6.43. The summed E-state index contributed by atoms with van der Waals surface area (Å²) in [7, 11) is 0. The summed E-state index contributed by atoms with van der Waals surface area (Å²) in [5, 5.41) is 7.50. The quantitative estimate of drug-likeness (QED) is 0.913. The van der Waals surface area contributed by atoms with Crippen molar-refractivity contribution in [2.24, 2.45) is 0 Å². The van der Waals surface area contributed by atoms with Crippen molar-refractivity contribution in [1.82, 2.24) is 15.5 Å². The summed E-state index contributed by atoms with van der Waals surface area (Å²) in [5.41, 5.74) is 3.54. The fourth-order valence-corrected chi connectivity index (χ4v) is 3.02. The maximum atomic E-state index is 5.39. The largest absolute Gasteiger partial charge is 0.337 e. The van der Waals surface area contributed by atoms with Gasteiger partial charge in [-0.3, -0.25) is 0 Å². The van der Waals surface area contributed by atoms with E-state index >= 15 is 0 Å². The van der Waals surface area contributed by atoms with Crippen molar-refractivity contribution in [1.29, 1.82) is 0 Å². The maximum absolute atomic E-state index is 5.39. The molecule has 100 valence electrons. The lowest BCUT2D eigenvalue weighted by Crippen LogP contribution is -2.30. The first kappa shape index (κ1) is 12.7. The van der Waals surface area contributed by atoms with E-state index < -0.39 is 0 Å². The Morgan fingerprint density at radius 2 is 2.21 bits per heavy atom. The Morgan fingerprint density at radius 1 is 1.32 bits per heavy atom. The lowest BCUT2D eigenvalue weighted by Gasteiger charge is -2.19. The Balaban J connectivity index is 1.85. The van der Waals surface area contributed by atoms with Crippen molar-refractivity contribution >= 4 is 11.8 Å². The molecule has 0 spiro atoms. The van der Waals surface area contributed by atoms with Crippen molar-refractivity contribution in [2.45, 2.75) is 19.9 Å². The van der Waals surface area contributed by atoms with Crippen LogP contribution in [0.15, 0.2) is 22.7 Å². The fourth-order valence-electron chi connectivity index (χ4n) is 2.10. The van der Waals surface area contributed by atoms with Gasteiger partial charge in [0.2, 0.25) is 11.7 Å². The van der Waals surface area contributed by atoms with Crippen LogP contribution in [-0.4, -0.2) is 28.2 Å². The maximum Gasteiger partial charge on any atom is 0.244 e. The zero-order valence-corrected chi connectivity index (χ0v) is 12.0. The van der Waals surface area contributed by atoms with Crippen LogP contribution < -0.4 is 5.32 Å². The van der Waals surface area contributed by atoms with E-state index in [-0.39, 0.29) is 6.04 Å². The van der Waals surface area contributed by atoms with E-state index in [4.69, 9.17) is 4.52 Å². The van der Waals surface area contributed by atoms with Gasteiger partial charge in [-0.15, -0.1) is 0 Å². The molecule has 2 aromatic rings. The van der Waals surface area contributed by atoms with E-state index in [2.05, 4.69) is 41.4 Å². The SMILES string of the molecule is Cc1ccc(-c2noc(C3CSCCN3)n2)cc1C. The predicted molar refractivity (Wildman–Crippen MR) is 77.3 cm³/mol. The minimum atomic E-state index is 0.187. The van der Waals surface area contributed by atoms with Gasteiger partial charge in [-0.25, -0.2) is 0 Å². The van der Waals surface area contributed by atoms with Crippen LogP contribution in [-0.2, 0) is 0 Å².